The van der Waals surface area contributed by atoms with E-state index >= 15 is 0 Å². The Bertz CT molecular complexity index is 331. The molecule has 1 N–H and O–H groups in total. The van der Waals surface area contributed by atoms with E-state index in [4.69, 9.17) is 4.74 Å². The zero-order valence-corrected chi connectivity index (χ0v) is 10.6. The highest BCUT2D eigenvalue weighted by Crippen LogP contribution is 2.33. The van der Waals surface area contributed by atoms with Crippen LogP contribution in [0.4, 0.5) is 0 Å². The van der Waals surface area contributed by atoms with Crippen molar-refractivity contribution in [2.45, 2.75) is 51.0 Å². The Hall–Kier alpha value is -1.02. The Labute approximate surface area is 104 Å². The van der Waals surface area contributed by atoms with Crippen molar-refractivity contribution in [1.29, 1.82) is 0 Å². The van der Waals surface area contributed by atoms with Crippen LogP contribution >= 0.6 is 0 Å². The lowest BCUT2D eigenvalue weighted by atomic mass is 9.82. The van der Waals surface area contributed by atoms with Gasteiger partial charge in [0.05, 0.1) is 12.7 Å². The largest absolute Gasteiger partial charge is 0.494 e. The molecule has 0 aliphatic heterocycles. The maximum atomic E-state index is 10.0. The minimum absolute atomic E-state index is 0.161. The van der Waals surface area contributed by atoms with Gasteiger partial charge in [-0.05, 0) is 37.0 Å². The summed E-state index contributed by atoms with van der Waals surface area (Å²) in [7, 11) is 0. The first-order valence-electron chi connectivity index (χ1n) is 6.72. The summed E-state index contributed by atoms with van der Waals surface area (Å²) in [6, 6.07) is 8.24. The molecule has 0 heterocycles. The van der Waals surface area contributed by atoms with Gasteiger partial charge in [0, 0.05) is 5.92 Å². The van der Waals surface area contributed by atoms with Crippen LogP contribution in [0.2, 0.25) is 0 Å². The van der Waals surface area contributed by atoms with Crippen LogP contribution in [-0.2, 0) is 0 Å². The Kier molecular flexibility index (Phi) is 4.43. The molecule has 0 amide bonds. The molecular weight excluding hydrogens is 212 g/mol. The monoisotopic (exact) mass is 234 g/mol. The van der Waals surface area contributed by atoms with Crippen molar-refractivity contribution in [2.24, 2.45) is 0 Å². The smallest absolute Gasteiger partial charge is 0.119 e. The zero-order chi connectivity index (χ0) is 12.1. The van der Waals surface area contributed by atoms with Crippen molar-refractivity contribution < 1.29 is 9.84 Å². The number of hydrogen-bond donors (Lipinski definition) is 1. The molecule has 0 aromatic heterocycles. The summed E-state index contributed by atoms with van der Waals surface area (Å²) >= 11 is 0. The Morgan fingerprint density at radius 2 is 1.88 bits per heavy atom. The molecule has 94 valence electrons. The van der Waals surface area contributed by atoms with E-state index in [1.165, 1.54) is 12.0 Å². The molecule has 1 aromatic carbocycles. The SMILES string of the molecule is CCCOc1ccc([C@@H]2CCCC[C@H]2O)cc1. The number of benzene rings is 1. The molecular formula is C15H22O2. The van der Waals surface area contributed by atoms with Crippen molar-refractivity contribution in [3.05, 3.63) is 29.8 Å². The molecule has 2 rings (SSSR count). The molecule has 0 radical (unpaired) electrons. The van der Waals surface area contributed by atoms with E-state index in [9.17, 15) is 5.11 Å². The van der Waals surface area contributed by atoms with Crippen LogP contribution in [0.1, 0.15) is 50.5 Å². The molecule has 1 fully saturated rings. The first kappa shape index (κ1) is 12.4. The standard InChI is InChI=1S/C15H22O2/c1-2-11-17-13-9-7-12(8-10-13)14-5-3-4-6-15(14)16/h7-10,14-16H,2-6,11H2,1H3/t14-,15+/m0/s1. The molecule has 0 unspecified atom stereocenters. The summed E-state index contributed by atoms with van der Waals surface area (Å²) in [4.78, 5) is 0. The predicted octanol–water partition coefficient (Wildman–Crippen LogP) is 3.49. The second-order valence-corrected chi connectivity index (χ2v) is 4.88. The summed E-state index contributed by atoms with van der Waals surface area (Å²) in [5.41, 5.74) is 1.25. The Balaban J connectivity index is 2.01. The molecule has 0 saturated heterocycles. The fraction of sp³-hybridized carbons (Fsp3) is 0.600. The van der Waals surface area contributed by atoms with Gasteiger partial charge >= 0.3 is 0 Å². The van der Waals surface area contributed by atoms with Crippen molar-refractivity contribution in [3.63, 3.8) is 0 Å². The normalized spacial score (nSPS) is 24.6. The third kappa shape index (κ3) is 3.22. The van der Waals surface area contributed by atoms with Crippen LogP contribution in [0.15, 0.2) is 24.3 Å². The first-order chi connectivity index (χ1) is 8.31. The fourth-order valence-electron chi connectivity index (χ4n) is 2.53. The third-order valence-corrected chi connectivity index (χ3v) is 3.51. The summed E-state index contributed by atoms with van der Waals surface area (Å²) in [5, 5.41) is 10.0. The van der Waals surface area contributed by atoms with E-state index < -0.39 is 0 Å². The lowest BCUT2D eigenvalue weighted by molar-refractivity contribution is 0.106. The second kappa shape index (κ2) is 6.06. The number of hydrogen-bond acceptors (Lipinski definition) is 2. The van der Waals surface area contributed by atoms with Crippen LogP contribution in [0, 0.1) is 0 Å². The lowest BCUT2D eigenvalue weighted by Crippen LogP contribution is -2.22. The minimum Gasteiger partial charge on any atom is -0.494 e. The molecule has 17 heavy (non-hydrogen) atoms. The van der Waals surface area contributed by atoms with Gasteiger partial charge in [0.1, 0.15) is 5.75 Å². The van der Waals surface area contributed by atoms with Crippen molar-refractivity contribution in [1.82, 2.24) is 0 Å². The molecule has 1 aromatic rings. The van der Waals surface area contributed by atoms with E-state index in [0.717, 1.165) is 38.0 Å². The van der Waals surface area contributed by atoms with E-state index in [-0.39, 0.29) is 6.10 Å². The maximum Gasteiger partial charge on any atom is 0.119 e. The van der Waals surface area contributed by atoms with Crippen LogP contribution in [0.5, 0.6) is 5.75 Å². The van der Waals surface area contributed by atoms with Crippen molar-refractivity contribution >= 4 is 0 Å². The number of ether oxygens (including phenoxy) is 1. The molecule has 0 bridgehead atoms. The first-order valence-corrected chi connectivity index (χ1v) is 6.72. The molecule has 2 atom stereocenters. The molecule has 1 aliphatic carbocycles. The number of rotatable bonds is 4. The molecule has 0 spiro atoms. The van der Waals surface area contributed by atoms with Crippen LogP contribution in [0.3, 0.4) is 0 Å². The van der Waals surface area contributed by atoms with Crippen LogP contribution in [0.25, 0.3) is 0 Å². The minimum atomic E-state index is -0.161. The molecule has 2 nitrogen and oxygen atoms in total. The lowest BCUT2D eigenvalue weighted by Gasteiger charge is -2.28. The molecule has 1 aliphatic rings. The van der Waals surface area contributed by atoms with E-state index in [1.807, 2.05) is 12.1 Å². The third-order valence-electron chi connectivity index (χ3n) is 3.51. The van der Waals surface area contributed by atoms with Gasteiger partial charge < -0.3 is 9.84 Å². The fourth-order valence-corrected chi connectivity index (χ4v) is 2.53. The zero-order valence-electron chi connectivity index (χ0n) is 10.6. The molecule has 1 saturated carbocycles. The maximum absolute atomic E-state index is 10.0. The Morgan fingerprint density at radius 3 is 2.53 bits per heavy atom. The van der Waals surface area contributed by atoms with Crippen molar-refractivity contribution in [3.8, 4) is 5.75 Å². The van der Waals surface area contributed by atoms with Gasteiger partial charge in [-0.3, -0.25) is 0 Å². The van der Waals surface area contributed by atoms with Gasteiger partial charge in [0.25, 0.3) is 0 Å². The van der Waals surface area contributed by atoms with Crippen LogP contribution in [-0.4, -0.2) is 17.8 Å². The van der Waals surface area contributed by atoms with Crippen LogP contribution < -0.4 is 4.74 Å². The van der Waals surface area contributed by atoms with E-state index in [2.05, 4.69) is 19.1 Å². The average molecular weight is 234 g/mol. The number of aliphatic hydroxyl groups excluding tert-OH is 1. The van der Waals surface area contributed by atoms with Gasteiger partial charge in [0.2, 0.25) is 0 Å². The highest BCUT2D eigenvalue weighted by atomic mass is 16.5. The number of aliphatic hydroxyl groups is 1. The summed E-state index contributed by atoms with van der Waals surface area (Å²) < 4.78 is 5.56. The highest BCUT2D eigenvalue weighted by molar-refractivity contribution is 5.30. The van der Waals surface area contributed by atoms with Gasteiger partial charge in [-0.2, -0.15) is 0 Å². The molecule has 2 heteroatoms. The quantitative estimate of drug-likeness (QED) is 0.864. The Morgan fingerprint density at radius 1 is 1.18 bits per heavy atom. The topological polar surface area (TPSA) is 29.5 Å². The van der Waals surface area contributed by atoms with Gasteiger partial charge in [-0.15, -0.1) is 0 Å². The summed E-state index contributed by atoms with van der Waals surface area (Å²) in [5.74, 6) is 1.25. The van der Waals surface area contributed by atoms with E-state index in [0.29, 0.717) is 5.92 Å². The average Bonchev–Trinajstić information content (AvgIpc) is 2.38. The van der Waals surface area contributed by atoms with E-state index in [1.54, 1.807) is 0 Å². The van der Waals surface area contributed by atoms with Gasteiger partial charge in [-0.1, -0.05) is 31.9 Å². The highest BCUT2D eigenvalue weighted by Gasteiger charge is 2.24. The summed E-state index contributed by atoms with van der Waals surface area (Å²) in [6.45, 7) is 2.87. The van der Waals surface area contributed by atoms with Crippen molar-refractivity contribution in [2.75, 3.05) is 6.61 Å². The summed E-state index contributed by atoms with van der Waals surface area (Å²) in [6.07, 6.45) is 5.31. The predicted molar refractivity (Wildman–Crippen MR) is 69.4 cm³/mol. The van der Waals surface area contributed by atoms with Gasteiger partial charge in [0.15, 0.2) is 0 Å². The second-order valence-electron chi connectivity index (χ2n) is 4.88. The van der Waals surface area contributed by atoms with Gasteiger partial charge in [-0.25, -0.2) is 0 Å².